The smallest absolute Gasteiger partial charge is 0.218 e. The van der Waals surface area contributed by atoms with Gasteiger partial charge in [-0.15, -0.1) is 0 Å². The van der Waals surface area contributed by atoms with Crippen molar-refractivity contribution in [1.29, 1.82) is 0 Å². The highest BCUT2D eigenvalue weighted by atomic mass is 16.1. The van der Waals surface area contributed by atoms with Gasteiger partial charge in [0, 0.05) is 11.1 Å². The van der Waals surface area contributed by atoms with Crippen LogP contribution in [0.5, 0.6) is 0 Å². The maximum absolute atomic E-state index is 12.2. The maximum Gasteiger partial charge on any atom is 0.218 e. The minimum atomic E-state index is 0.863. The van der Waals surface area contributed by atoms with Crippen LogP contribution in [0.1, 0.15) is 0 Å². The number of carbonyl (C=O) groups is 1. The van der Waals surface area contributed by atoms with E-state index in [0.717, 1.165) is 40.0 Å². The van der Waals surface area contributed by atoms with Gasteiger partial charge in [0.05, 0.1) is 11.4 Å². The van der Waals surface area contributed by atoms with Gasteiger partial charge < -0.3 is 0 Å². The molecule has 0 aromatic heterocycles. The zero-order valence-corrected chi connectivity index (χ0v) is 14.8. The molecule has 0 heterocycles. The molecular weight excluding hydrogens is 330 g/mol. The second-order valence-corrected chi connectivity index (χ2v) is 6.24. The Labute approximate surface area is 159 Å². The molecule has 2 heteroatoms. The zero-order chi connectivity index (χ0) is 18.5. The summed E-state index contributed by atoms with van der Waals surface area (Å²) >= 11 is 0. The molecule has 0 spiro atoms. The van der Waals surface area contributed by atoms with Gasteiger partial charge in [-0.1, -0.05) is 97.1 Å². The van der Waals surface area contributed by atoms with Gasteiger partial charge in [-0.2, -0.15) is 0 Å². The van der Waals surface area contributed by atoms with E-state index in [2.05, 4.69) is 24.3 Å². The van der Waals surface area contributed by atoms with Crippen LogP contribution in [0.4, 0.5) is 11.4 Å². The molecular formula is C25H19NO. The highest BCUT2D eigenvalue weighted by Gasteiger charge is 2.17. The van der Waals surface area contributed by atoms with Crippen LogP contribution in [-0.4, -0.2) is 6.41 Å². The highest BCUT2D eigenvalue weighted by molar-refractivity contribution is 5.98. The van der Waals surface area contributed by atoms with Crippen molar-refractivity contribution in [1.82, 2.24) is 0 Å². The van der Waals surface area contributed by atoms with E-state index < -0.39 is 0 Å². The molecule has 0 bridgehead atoms. The Morgan fingerprint density at radius 2 is 0.852 bits per heavy atom. The molecule has 2 nitrogen and oxygen atoms in total. The molecule has 0 aliphatic heterocycles. The van der Waals surface area contributed by atoms with Crippen LogP contribution in [0.3, 0.4) is 0 Å². The van der Waals surface area contributed by atoms with Crippen molar-refractivity contribution in [3.05, 3.63) is 109 Å². The molecule has 0 aliphatic rings. The molecule has 4 aromatic rings. The largest absolute Gasteiger partial charge is 0.282 e. The van der Waals surface area contributed by atoms with Crippen LogP contribution in [-0.2, 0) is 4.79 Å². The number of benzene rings is 4. The third-order valence-corrected chi connectivity index (χ3v) is 4.60. The molecule has 0 unspecified atom stereocenters. The first kappa shape index (κ1) is 16.8. The second-order valence-electron chi connectivity index (χ2n) is 6.24. The number of para-hydroxylation sites is 2. The number of nitrogens with zero attached hydrogens (tertiary/aromatic N) is 1. The SMILES string of the molecule is O=CN(c1ccccc1-c1ccccc1)c1ccccc1-c1ccccc1. The average molecular weight is 349 g/mol. The lowest BCUT2D eigenvalue weighted by molar-refractivity contribution is -0.106. The molecule has 0 saturated carbocycles. The Morgan fingerprint density at radius 1 is 0.481 bits per heavy atom. The number of carbonyl (C=O) groups excluding carboxylic acids is 1. The van der Waals surface area contributed by atoms with E-state index in [1.54, 1.807) is 4.90 Å². The summed E-state index contributed by atoms with van der Waals surface area (Å²) < 4.78 is 0. The van der Waals surface area contributed by atoms with Gasteiger partial charge >= 0.3 is 0 Å². The minimum Gasteiger partial charge on any atom is -0.282 e. The summed E-state index contributed by atoms with van der Waals surface area (Å²) in [4.78, 5) is 13.9. The van der Waals surface area contributed by atoms with Crippen LogP contribution in [0, 0.1) is 0 Å². The molecule has 1 amide bonds. The van der Waals surface area contributed by atoms with Gasteiger partial charge in [-0.25, -0.2) is 0 Å². The molecule has 0 saturated heterocycles. The van der Waals surface area contributed by atoms with Gasteiger partial charge in [0.2, 0.25) is 6.41 Å². The van der Waals surface area contributed by atoms with Gasteiger partial charge in [-0.3, -0.25) is 9.69 Å². The predicted molar refractivity (Wildman–Crippen MR) is 112 cm³/mol. The summed E-state index contributed by atoms with van der Waals surface area (Å²) in [6.45, 7) is 0. The maximum atomic E-state index is 12.2. The van der Waals surface area contributed by atoms with E-state index in [9.17, 15) is 4.79 Å². The molecule has 4 rings (SSSR count). The fourth-order valence-electron chi connectivity index (χ4n) is 3.33. The summed E-state index contributed by atoms with van der Waals surface area (Å²) in [5, 5.41) is 0. The van der Waals surface area contributed by atoms with Crippen LogP contribution >= 0.6 is 0 Å². The number of amides is 1. The van der Waals surface area contributed by atoms with Gasteiger partial charge in [-0.05, 0) is 23.3 Å². The van der Waals surface area contributed by atoms with E-state index >= 15 is 0 Å². The summed E-state index contributed by atoms with van der Waals surface area (Å²) in [7, 11) is 0. The number of rotatable bonds is 5. The lowest BCUT2D eigenvalue weighted by Gasteiger charge is -2.24. The van der Waals surface area contributed by atoms with Gasteiger partial charge in [0.1, 0.15) is 0 Å². The Hall–Kier alpha value is -3.65. The Bertz CT molecular complexity index is 959. The van der Waals surface area contributed by atoms with Crippen molar-refractivity contribution in [3.63, 3.8) is 0 Å². The van der Waals surface area contributed by atoms with E-state index in [-0.39, 0.29) is 0 Å². The van der Waals surface area contributed by atoms with Crippen LogP contribution in [0.2, 0.25) is 0 Å². The summed E-state index contributed by atoms with van der Waals surface area (Å²) in [6.07, 6.45) is 0.892. The molecule has 0 radical (unpaired) electrons. The summed E-state index contributed by atoms with van der Waals surface area (Å²) in [5.41, 5.74) is 5.93. The molecule has 4 aromatic carbocycles. The van der Waals surface area contributed by atoms with Crippen molar-refractivity contribution in [2.45, 2.75) is 0 Å². The van der Waals surface area contributed by atoms with Gasteiger partial charge in [0.25, 0.3) is 0 Å². The van der Waals surface area contributed by atoms with Crippen LogP contribution in [0.25, 0.3) is 22.3 Å². The van der Waals surface area contributed by atoms with E-state index in [0.29, 0.717) is 0 Å². The lowest BCUT2D eigenvalue weighted by atomic mass is 10.00. The number of hydrogen-bond acceptors (Lipinski definition) is 1. The molecule has 0 atom stereocenters. The normalized spacial score (nSPS) is 10.4. The first-order valence-corrected chi connectivity index (χ1v) is 8.92. The topological polar surface area (TPSA) is 20.3 Å². The third-order valence-electron chi connectivity index (χ3n) is 4.60. The number of hydrogen-bond donors (Lipinski definition) is 0. The van der Waals surface area contributed by atoms with Crippen molar-refractivity contribution in [3.8, 4) is 22.3 Å². The highest BCUT2D eigenvalue weighted by Crippen LogP contribution is 2.38. The third kappa shape index (κ3) is 3.38. The molecule has 0 aliphatic carbocycles. The number of anilines is 2. The van der Waals surface area contributed by atoms with Crippen LogP contribution < -0.4 is 4.90 Å². The zero-order valence-electron chi connectivity index (χ0n) is 14.8. The van der Waals surface area contributed by atoms with Crippen molar-refractivity contribution in [2.24, 2.45) is 0 Å². The van der Waals surface area contributed by atoms with Gasteiger partial charge in [0.15, 0.2) is 0 Å². The summed E-state index contributed by atoms with van der Waals surface area (Å²) in [6, 6.07) is 36.3. The standard InChI is InChI=1S/C25H19NO/c27-19-26(24-17-9-7-15-22(24)20-11-3-1-4-12-20)25-18-10-8-16-23(25)21-13-5-2-6-14-21/h1-19H. The quantitative estimate of drug-likeness (QED) is 0.386. The fraction of sp³-hybridized carbons (Fsp3) is 0. The monoisotopic (exact) mass is 349 g/mol. The molecule has 0 fully saturated rings. The summed E-state index contributed by atoms with van der Waals surface area (Å²) in [5.74, 6) is 0. The van der Waals surface area contributed by atoms with Crippen molar-refractivity contribution < 1.29 is 4.79 Å². The van der Waals surface area contributed by atoms with E-state index in [1.807, 2.05) is 84.9 Å². The van der Waals surface area contributed by atoms with Crippen molar-refractivity contribution in [2.75, 3.05) is 4.90 Å². The Morgan fingerprint density at radius 3 is 1.26 bits per heavy atom. The van der Waals surface area contributed by atoms with E-state index in [1.165, 1.54) is 0 Å². The van der Waals surface area contributed by atoms with E-state index in [4.69, 9.17) is 0 Å². The lowest BCUT2D eigenvalue weighted by Crippen LogP contribution is -2.16. The first-order valence-electron chi connectivity index (χ1n) is 8.92. The Balaban J connectivity index is 1.88. The fourth-order valence-corrected chi connectivity index (χ4v) is 3.33. The second kappa shape index (κ2) is 7.71. The average Bonchev–Trinajstić information content (AvgIpc) is 2.76. The minimum absolute atomic E-state index is 0.863. The van der Waals surface area contributed by atoms with Crippen LogP contribution in [0.15, 0.2) is 109 Å². The first-order chi connectivity index (χ1) is 13.4. The molecule has 0 N–H and O–H groups in total. The Kier molecular flexibility index (Phi) is 4.80. The predicted octanol–water partition coefficient (Wildman–Crippen LogP) is 6.32. The van der Waals surface area contributed by atoms with Crippen molar-refractivity contribution >= 4 is 17.8 Å². The molecule has 130 valence electrons. The molecule has 27 heavy (non-hydrogen) atoms.